The van der Waals surface area contributed by atoms with Gasteiger partial charge in [0, 0.05) is 5.41 Å². The van der Waals surface area contributed by atoms with Crippen LogP contribution in [0.4, 0.5) is 0 Å². The number of rotatable bonds is 2. The molecule has 102 valence electrons. The van der Waals surface area contributed by atoms with E-state index in [1.807, 2.05) is 6.07 Å². The highest BCUT2D eigenvalue weighted by atomic mass is 16.6. The van der Waals surface area contributed by atoms with Gasteiger partial charge in [0.25, 0.3) is 0 Å². The van der Waals surface area contributed by atoms with Crippen LogP contribution in [0.15, 0.2) is 30.3 Å². The molecule has 0 aromatic heterocycles. The van der Waals surface area contributed by atoms with Crippen LogP contribution in [0.3, 0.4) is 0 Å². The lowest BCUT2D eigenvalue weighted by molar-refractivity contribution is -0.144. The Kier molecular flexibility index (Phi) is 3.34. The molecule has 1 aliphatic heterocycles. The maximum atomic E-state index is 11.9. The van der Waals surface area contributed by atoms with Gasteiger partial charge in [-0.1, -0.05) is 56.5 Å². The third kappa shape index (κ3) is 2.29. The van der Waals surface area contributed by atoms with Crippen molar-refractivity contribution in [3.8, 4) is 0 Å². The lowest BCUT2D eigenvalue weighted by Gasteiger charge is -2.36. The second-order valence-corrected chi connectivity index (χ2v) is 6.27. The molecular formula is C17H22O2. The van der Waals surface area contributed by atoms with E-state index in [1.54, 1.807) is 0 Å². The van der Waals surface area contributed by atoms with Crippen LogP contribution in [-0.4, -0.2) is 12.1 Å². The van der Waals surface area contributed by atoms with Gasteiger partial charge in [-0.2, -0.15) is 0 Å². The van der Waals surface area contributed by atoms with Gasteiger partial charge in [0.15, 0.2) is 0 Å². The number of cyclic esters (lactones) is 1. The molecule has 2 unspecified atom stereocenters. The van der Waals surface area contributed by atoms with Crippen molar-refractivity contribution in [2.45, 2.75) is 57.0 Å². The lowest BCUT2D eigenvalue weighted by Crippen LogP contribution is -2.39. The van der Waals surface area contributed by atoms with E-state index < -0.39 is 0 Å². The molecule has 3 rings (SSSR count). The summed E-state index contributed by atoms with van der Waals surface area (Å²) in [5.41, 5.74) is 1.11. The molecule has 1 saturated heterocycles. The Hall–Kier alpha value is -1.31. The van der Waals surface area contributed by atoms with Gasteiger partial charge in [0.2, 0.25) is 0 Å². The zero-order valence-corrected chi connectivity index (χ0v) is 11.6. The molecule has 2 fully saturated rings. The highest BCUT2D eigenvalue weighted by molar-refractivity contribution is 5.75. The first-order valence-electron chi connectivity index (χ1n) is 7.45. The summed E-state index contributed by atoms with van der Waals surface area (Å²) >= 11 is 0. The summed E-state index contributed by atoms with van der Waals surface area (Å²) in [5.74, 6) is 0.521. The SMILES string of the molecule is CC1(c2ccccc2)CC(=O)OC1C1CCCCC1. The third-order valence-electron chi connectivity index (χ3n) is 4.91. The first-order valence-corrected chi connectivity index (χ1v) is 7.45. The van der Waals surface area contributed by atoms with Gasteiger partial charge < -0.3 is 4.74 Å². The van der Waals surface area contributed by atoms with E-state index >= 15 is 0 Å². The van der Waals surface area contributed by atoms with Crippen molar-refractivity contribution in [3.63, 3.8) is 0 Å². The molecule has 1 aromatic carbocycles. The summed E-state index contributed by atoms with van der Waals surface area (Å²) in [6.45, 7) is 2.20. The molecule has 0 bridgehead atoms. The number of hydrogen-bond donors (Lipinski definition) is 0. The summed E-state index contributed by atoms with van der Waals surface area (Å²) in [6.07, 6.45) is 6.91. The van der Waals surface area contributed by atoms with Gasteiger partial charge in [0.1, 0.15) is 6.10 Å². The molecule has 1 heterocycles. The Morgan fingerprint density at radius 1 is 1.11 bits per heavy atom. The van der Waals surface area contributed by atoms with Crippen molar-refractivity contribution in [1.29, 1.82) is 0 Å². The molecule has 2 heteroatoms. The molecule has 1 aromatic rings. The highest BCUT2D eigenvalue weighted by Crippen LogP contribution is 2.45. The summed E-state index contributed by atoms with van der Waals surface area (Å²) < 4.78 is 5.73. The van der Waals surface area contributed by atoms with E-state index in [9.17, 15) is 4.79 Å². The molecule has 1 saturated carbocycles. The highest BCUT2D eigenvalue weighted by Gasteiger charge is 2.49. The van der Waals surface area contributed by atoms with Crippen LogP contribution < -0.4 is 0 Å². The number of esters is 1. The maximum absolute atomic E-state index is 11.9. The van der Waals surface area contributed by atoms with Crippen LogP contribution in [0.5, 0.6) is 0 Å². The van der Waals surface area contributed by atoms with Crippen LogP contribution >= 0.6 is 0 Å². The summed E-state index contributed by atoms with van der Waals surface area (Å²) in [7, 11) is 0. The standard InChI is InChI=1S/C17H22O2/c1-17(14-10-6-3-7-11-14)12-15(18)19-16(17)13-8-4-2-5-9-13/h3,6-7,10-11,13,16H,2,4-5,8-9,12H2,1H3. The fraction of sp³-hybridized carbons (Fsp3) is 0.588. The van der Waals surface area contributed by atoms with Crippen molar-refractivity contribution in [1.82, 2.24) is 0 Å². The smallest absolute Gasteiger partial charge is 0.307 e. The number of ether oxygens (including phenoxy) is 1. The minimum atomic E-state index is -0.139. The third-order valence-corrected chi connectivity index (χ3v) is 4.91. The van der Waals surface area contributed by atoms with Crippen molar-refractivity contribution in [3.05, 3.63) is 35.9 Å². The average Bonchev–Trinajstić information content (AvgIpc) is 2.77. The second kappa shape index (κ2) is 4.99. The van der Waals surface area contributed by atoms with Gasteiger partial charge in [0.05, 0.1) is 6.42 Å². The van der Waals surface area contributed by atoms with Crippen LogP contribution in [0.1, 0.15) is 51.0 Å². The van der Waals surface area contributed by atoms with E-state index in [-0.39, 0.29) is 17.5 Å². The maximum Gasteiger partial charge on any atom is 0.307 e. The van der Waals surface area contributed by atoms with E-state index in [4.69, 9.17) is 4.74 Å². The van der Waals surface area contributed by atoms with Crippen molar-refractivity contribution in [2.75, 3.05) is 0 Å². The second-order valence-electron chi connectivity index (χ2n) is 6.27. The molecule has 0 N–H and O–H groups in total. The summed E-state index contributed by atoms with van der Waals surface area (Å²) in [6, 6.07) is 10.4. The molecule has 0 radical (unpaired) electrons. The first-order chi connectivity index (χ1) is 9.20. The predicted molar refractivity (Wildman–Crippen MR) is 74.9 cm³/mol. The zero-order chi connectivity index (χ0) is 13.3. The molecule has 2 nitrogen and oxygen atoms in total. The number of benzene rings is 1. The van der Waals surface area contributed by atoms with Crippen LogP contribution in [0.25, 0.3) is 0 Å². The molecule has 0 spiro atoms. The minimum Gasteiger partial charge on any atom is -0.461 e. The Bertz CT molecular complexity index is 448. The van der Waals surface area contributed by atoms with Crippen LogP contribution in [0.2, 0.25) is 0 Å². The first kappa shape index (κ1) is 12.7. The Morgan fingerprint density at radius 2 is 1.79 bits per heavy atom. The van der Waals surface area contributed by atoms with Crippen LogP contribution in [-0.2, 0) is 14.9 Å². The van der Waals surface area contributed by atoms with Gasteiger partial charge in [-0.25, -0.2) is 0 Å². The van der Waals surface area contributed by atoms with Gasteiger partial charge in [-0.3, -0.25) is 4.79 Å². The van der Waals surface area contributed by atoms with Gasteiger partial charge >= 0.3 is 5.97 Å². The van der Waals surface area contributed by atoms with E-state index in [0.717, 1.165) is 0 Å². The average molecular weight is 258 g/mol. The van der Waals surface area contributed by atoms with E-state index in [0.29, 0.717) is 12.3 Å². The van der Waals surface area contributed by atoms with E-state index in [1.165, 1.54) is 37.7 Å². The van der Waals surface area contributed by atoms with Crippen molar-refractivity contribution in [2.24, 2.45) is 5.92 Å². The summed E-state index contributed by atoms with van der Waals surface area (Å²) in [4.78, 5) is 11.9. The normalized spacial score (nSPS) is 32.3. The van der Waals surface area contributed by atoms with Crippen molar-refractivity contribution >= 4 is 5.97 Å². The zero-order valence-electron chi connectivity index (χ0n) is 11.6. The Labute approximate surface area is 115 Å². The quantitative estimate of drug-likeness (QED) is 0.753. The van der Waals surface area contributed by atoms with Gasteiger partial charge in [-0.05, 0) is 24.3 Å². The molecule has 2 aliphatic rings. The predicted octanol–water partition coefficient (Wildman–Crippen LogP) is 3.84. The van der Waals surface area contributed by atoms with Crippen LogP contribution in [0, 0.1) is 5.92 Å². The Morgan fingerprint density at radius 3 is 2.47 bits per heavy atom. The fourth-order valence-electron chi connectivity index (χ4n) is 3.85. The summed E-state index contributed by atoms with van der Waals surface area (Å²) in [5, 5.41) is 0. The molecular weight excluding hydrogens is 236 g/mol. The Balaban J connectivity index is 1.91. The number of carbonyl (C=O) groups excluding carboxylic acids is 1. The largest absolute Gasteiger partial charge is 0.461 e. The molecule has 0 amide bonds. The van der Waals surface area contributed by atoms with Crippen molar-refractivity contribution < 1.29 is 9.53 Å². The topological polar surface area (TPSA) is 26.3 Å². The van der Waals surface area contributed by atoms with E-state index in [2.05, 4.69) is 31.2 Å². The number of hydrogen-bond acceptors (Lipinski definition) is 2. The van der Waals surface area contributed by atoms with Gasteiger partial charge in [-0.15, -0.1) is 0 Å². The number of carbonyl (C=O) groups is 1. The lowest BCUT2D eigenvalue weighted by atomic mass is 9.69. The molecule has 2 atom stereocenters. The monoisotopic (exact) mass is 258 g/mol. The fourth-order valence-corrected chi connectivity index (χ4v) is 3.85. The minimum absolute atomic E-state index is 0.0260. The molecule has 1 aliphatic carbocycles. The molecule has 19 heavy (non-hydrogen) atoms.